The largest absolute Gasteiger partial charge is 0.460 e. The second-order valence-electron chi connectivity index (χ2n) is 6.42. The minimum absolute atomic E-state index is 0.0176. The van der Waals surface area contributed by atoms with Crippen LogP contribution in [0.4, 0.5) is 0 Å². The summed E-state index contributed by atoms with van der Waals surface area (Å²) in [5, 5.41) is 11.0. The van der Waals surface area contributed by atoms with Gasteiger partial charge in [0, 0.05) is 0 Å². The molecule has 1 heterocycles. The number of fused-ring (bicyclic) bond motifs is 2. The lowest BCUT2D eigenvalue weighted by molar-refractivity contribution is -0.165. The van der Waals surface area contributed by atoms with Crippen molar-refractivity contribution in [1.29, 1.82) is 0 Å². The van der Waals surface area contributed by atoms with Gasteiger partial charge < -0.3 is 20.4 Å². The number of esters is 1. The van der Waals surface area contributed by atoms with Crippen LogP contribution < -0.4 is 5.73 Å². The summed E-state index contributed by atoms with van der Waals surface area (Å²) in [5.41, 5.74) is 4.29. The second kappa shape index (κ2) is 4.03. The topological polar surface area (TPSA) is 89.6 Å². The number of rotatable bonds is 1. The van der Waals surface area contributed by atoms with Crippen molar-refractivity contribution in [3.63, 3.8) is 0 Å². The fourth-order valence-corrected chi connectivity index (χ4v) is 4.55. The molecule has 1 saturated heterocycles. The Morgan fingerprint density at radius 1 is 1.47 bits per heavy atom. The molecular formula is C14H21NO4. The van der Waals surface area contributed by atoms with Crippen LogP contribution >= 0.6 is 0 Å². The third-order valence-electron chi connectivity index (χ3n) is 5.71. The minimum atomic E-state index is -1.06. The lowest BCUT2D eigenvalue weighted by Gasteiger charge is -2.55. The van der Waals surface area contributed by atoms with Crippen molar-refractivity contribution in [2.75, 3.05) is 0 Å². The average molecular weight is 267 g/mol. The Kier molecular flexibility index (Phi) is 2.77. The summed E-state index contributed by atoms with van der Waals surface area (Å²) < 4.78 is 5.26. The van der Waals surface area contributed by atoms with Gasteiger partial charge in [-0.05, 0) is 32.1 Å². The van der Waals surface area contributed by atoms with Gasteiger partial charge in [-0.15, -0.1) is 0 Å². The molecule has 0 aromatic rings. The van der Waals surface area contributed by atoms with Crippen molar-refractivity contribution in [3.8, 4) is 0 Å². The van der Waals surface area contributed by atoms with Gasteiger partial charge in [0.15, 0.2) is 0 Å². The van der Waals surface area contributed by atoms with Crippen LogP contribution in [0.25, 0.3) is 0 Å². The zero-order chi connectivity index (χ0) is 13.8. The van der Waals surface area contributed by atoms with Crippen LogP contribution in [0.1, 0.15) is 39.0 Å². The van der Waals surface area contributed by atoms with Crippen LogP contribution in [-0.4, -0.2) is 34.6 Å². The molecule has 5 nitrogen and oxygen atoms in total. The predicted octanol–water partition coefficient (Wildman–Crippen LogP) is 0.385. The highest BCUT2D eigenvalue weighted by Crippen LogP contribution is 2.55. The van der Waals surface area contributed by atoms with Gasteiger partial charge in [0.05, 0.1) is 23.0 Å². The molecule has 3 aliphatic rings. The molecule has 0 amide bonds. The van der Waals surface area contributed by atoms with Crippen molar-refractivity contribution in [3.05, 3.63) is 0 Å². The number of hydrogen-bond acceptors (Lipinski definition) is 5. The Morgan fingerprint density at radius 2 is 2.21 bits per heavy atom. The third-order valence-corrected chi connectivity index (χ3v) is 5.71. The Balaban J connectivity index is 2.07. The first kappa shape index (κ1) is 13.1. The van der Waals surface area contributed by atoms with Crippen LogP contribution in [0.2, 0.25) is 0 Å². The van der Waals surface area contributed by atoms with Crippen LogP contribution in [0.5, 0.6) is 0 Å². The number of aldehydes is 1. The quantitative estimate of drug-likeness (QED) is 0.530. The molecule has 0 spiro atoms. The molecule has 3 fully saturated rings. The number of nitrogens with two attached hydrogens (primary N) is 1. The number of carbonyl (C=O) groups is 2. The van der Waals surface area contributed by atoms with E-state index in [4.69, 9.17) is 10.5 Å². The van der Waals surface area contributed by atoms with Gasteiger partial charge in [0.25, 0.3) is 0 Å². The summed E-state index contributed by atoms with van der Waals surface area (Å²) in [6.07, 6.45) is 4.16. The summed E-state index contributed by atoms with van der Waals surface area (Å²) in [4.78, 5) is 23.6. The third kappa shape index (κ3) is 1.48. The Labute approximate surface area is 112 Å². The number of aliphatic hydroxyl groups is 1. The van der Waals surface area contributed by atoms with E-state index in [1.54, 1.807) is 6.92 Å². The zero-order valence-corrected chi connectivity index (χ0v) is 11.2. The van der Waals surface area contributed by atoms with Gasteiger partial charge in [0.2, 0.25) is 0 Å². The molecule has 0 aromatic heterocycles. The fraction of sp³-hybridized carbons (Fsp3) is 0.857. The molecule has 0 aromatic carbocycles. The van der Waals surface area contributed by atoms with Gasteiger partial charge in [-0.3, -0.25) is 4.79 Å². The molecule has 106 valence electrons. The number of carbonyl (C=O) groups excluding carboxylic acids is 2. The molecule has 0 radical (unpaired) electrons. The molecule has 2 saturated carbocycles. The van der Waals surface area contributed by atoms with Crippen LogP contribution in [0.3, 0.4) is 0 Å². The van der Waals surface area contributed by atoms with E-state index in [9.17, 15) is 14.7 Å². The highest BCUT2D eigenvalue weighted by molar-refractivity contribution is 5.80. The van der Waals surface area contributed by atoms with Gasteiger partial charge in [-0.1, -0.05) is 12.8 Å². The Bertz CT molecular complexity index is 426. The second-order valence-corrected chi connectivity index (χ2v) is 6.42. The zero-order valence-electron chi connectivity index (χ0n) is 11.2. The summed E-state index contributed by atoms with van der Waals surface area (Å²) in [6, 6.07) is 0. The number of hydrogen-bond donors (Lipinski definition) is 2. The van der Waals surface area contributed by atoms with Gasteiger partial charge in [-0.25, -0.2) is 0 Å². The highest BCUT2D eigenvalue weighted by Gasteiger charge is 2.67. The lowest BCUT2D eigenvalue weighted by Crippen LogP contribution is -2.70. The monoisotopic (exact) mass is 267 g/mol. The summed E-state index contributed by atoms with van der Waals surface area (Å²) >= 11 is 0. The van der Waals surface area contributed by atoms with Crippen molar-refractivity contribution < 1.29 is 19.4 Å². The van der Waals surface area contributed by atoms with Gasteiger partial charge in [0.1, 0.15) is 12.4 Å². The van der Waals surface area contributed by atoms with Crippen LogP contribution in [0, 0.1) is 17.8 Å². The Hall–Kier alpha value is -0.940. The smallest absolute Gasteiger partial charge is 0.311 e. The summed E-state index contributed by atoms with van der Waals surface area (Å²) in [7, 11) is 0. The molecule has 6 atom stereocenters. The van der Waals surface area contributed by atoms with E-state index >= 15 is 0 Å². The summed E-state index contributed by atoms with van der Waals surface area (Å²) in [5.74, 6) is -1.50. The molecule has 3 rings (SSSR count). The first-order chi connectivity index (χ1) is 8.94. The molecular weight excluding hydrogens is 246 g/mol. The van der Waals surface area contributed by atoms with Crippen LogP contribution in [0.15, 0.2) is 0 Å². The first-order valence-electron chi connectivity index (χ1n) is 7.11. The SMILES string of the molecule is C[C@H]1OC(=O)[C@@H]2C[C@@H]3CCCC[C@@]3(O)[C@H](C=O)[C@]12N. The maximum absolute atomic E-state index is 12.0. The molecule has 5 heteroatoms. The van der Waals surface area contributed by atoms with E-state index in [2.05, 4.69) is 0 Å². The van der Waals surface area contributed by atoms with E-state index in [1.807, 2.05) is 0 Å². The molecule has 3 N–H and O–H groups in total. The maximum atomic E-state index is 12.0. The van der Waals surface area contributed by atoms with Crippen molar-refractivity contribution in [1.82, 2.24) is 0 Å². The number of ether oxygens (including phenoxy) is 1. The number of cyclic esters (lactones) is 1. The standard InChI is InChI=1S/C14H21NO4/c1-8-14(15)10(12(17)19-8)6-9-4-2-3-5-13(9,18)11(14)7-16/h7-11,18H,2-6,15H2,1H3/t8-,9+,10+,11+,13+,14+/m1/s1. The molecule has 19 heavy (non-hydrogen) atoms. The fourth-order valence-electron chi connectivity index (χ4n) is 4.55. The molecule has 1 aliphatic heterocycles. The first-order valence-corrected chi connectivity index (χ1v) is 7.11. The van der Waals surface area contributed by atoms with E-state index in [0.717, 1.165) is 25.5 Å². The molecule has 0 unspecified atom stereocenters. The normalized spacial score (nSPS) is 53.1. The average Bonchev–Trinajstić information content (AvgIpc) is 2.57. The Morgan fingerprint density at radius 3 is 2.89 bits per heavy atom. The van der Waals surface area contributed by atoms with Crippen molar-refractivity contribution in [2.24, 2.45) is 23.5 Å². The minimum Gasteiger partial charge on any atom is -0.460 e. The predicted molar refractivity (Wildman–Crippen MR) is 67.0 cm³/mol. The van der Waals surface area contributed by atoms with E-state index in [1.165, 1.54) is 0 Å². The van der Waals surface area contributed by atoms with E-state index in [0.29, 0.717) is 12.8 Å². The maximum Gasteiger partial charge on any atom is 0.311 e. The lowest BCUT2D eigenvalue weighted by atomic mass is 9.52. The molecule has 2 aliphatic carbocycles. The molecule has 0 bridgehead atoms. The van der Waals surface area contributed by atoms with Gasteiger partial charge >= 0.3 is 5.97 Å². The summed E-state index contributed by atoms with van der Waals surface area (Å²) in [6.45, 7) is 1.72. The van der Waals surface area contributed by atoms with Crippen molar-refractivity contribution >= 4 is 12.3 Å². The van der Waals surface area contributed by atoms with E-state index in [-0.39, 0.29) is 11.9 Å². The highest BCUT2D eigenvalue weighted by atomic mass is 16.6. The van der Waals surface area contributed by atoms with E-state index < -0.39 is 29.1 Å². The van der Waals surface area contributed by atoms with Gasteiger partial charge in [-0.2, -0.15) is 0 Å². The van der Waals surface area contributed by atoms with Crippen molar-refractivity contribution in [2.45, 2.75) is 56.3 Å². The van der Waals surface area contributed by atoms with Crippen LogP contribution in [-0.2, 0) is 14.3 Å².